The van der Waals surface area contributed by atoms with Crippen LogP contribution in [0.2, 0.25) is 0 Å². The first-order valence-corrected chi connectivity index (χ1v) is 8.19. The molecule has 0 spiro atoms. The average Bonchev–Trinajstić information content (AvgIpc) is 2.48. The molecule has 0 saturated carbocycles. The van der Waals surface area contributed by atoms with Gasteiger partial charge in [0.25, 0.3) is 0 Å². The number of hydrogen-bond acceptors (Lipinski definition) is 3. The molecule has 1 N–H and O–H groups in total. The number of nitrogens with zero attached hydrogens (tertiary/aromatic N) is 1. The fourth-order valence-corrected chi connectivity index (χ4v) is 3.14. The molecule has 1 aliphatic rings. The Balaban J connectivity index is 2.24. The third kappa shape index (κ3) is 3.85. The maximum Gasteiger partial charge on any atom is 0.0897 e. The van der Waals surface area contributed by atoms with Gasteiger partial charge in [-0.3, -0.25) is 4.90 Å². The molecule has 1 saturated heterocycles. The Kier molecular flexibility index (Phi) is 5.80. The Labute approximate surface area is 129 Å². The first-order chi connectivity index (χ1) is 10.0. The monoisotopic (exact) mass is 290 g/mol. The Bertz CT molecular complexity index is 459. The predicted octanol–water partition coefficient (Wildman–Crippen LogP) is 3.06. The molecule has 0 aromatic heterocycles. The Hall–Kier alpha value is -0.900. The highest BCUT2D eigenvalue weighted by molar-refractivity contribution is 5.36. The zero-order chi connectivity index (χ0) is 15.4. The van der Waals surface area contributed by atoms with Gasteiger partial charge in [-0.15, -0.1) is 0 Å². The van der Waals surface area contributed by atoms with E-state index in [2.05, 4.69) is 63.0 Å². The van der Waals surface area contributed by atoms with E-state index in [9.17, 15) is 0 Å². The molecule has 2 atom stereocenters. The van der Waals surface area contributed by atoms with Crippen LogP contribution in [0.15, 0.2) is 18.2 Å². The zero-order valence-electron chi connectivity index (χ0n) is 14.1. The smallest absolute Gasteiger partial charge is 0.0897 e. The highest BCUT2D eigenvalue weighted by atomic mass is 16.5. The molecule has 2 unspecified atom stereocenters. The van der Waals surface area contributed by atoms with E-state index in [0.29, 0.717) is 6.04 Å². The summed E-state index contributed by atoms with van der Waals surface area (Å²) >= 11 is 0. The van der Waals surface area contributed by atoms with E-state index in [-0.39, 0.29) is 12.1 Å². The predicted molar refractivity (Wildman–Crippen MR) is 88.8 cm³/mol. The van der Waals surface area contributed by atoms with Crippen LogP contribution in [0.4, 0.5) is 0 Å². The van der Waals surface area contributed by atoms with Crippen LogP contribution in [-0.2, 0) is 4.74 Å². The molecule has 1 aliphatic heterocycles. The van der Waals surface area contributed by atoms with Gasteiger partial charge in [-0.1, -0.05) is 25.1 Å². The molecule has 1 aromatic rings. The number of morpholine rings is 1. The Morgan fingerprint density at radius 1 is 1.33 bits per heavy atom. The normalized spacial score (nSPS) is 21.7. The van der Waals surface area contributed by atoms with Crippen molar-refractivity contribution in [2.75, 3.05) is 26.2 Å². The Morgan fingerprint density at radius 2 is 2.10 bits per heavy atom. The lowest BCUT2D eigenvalue weighted by molar-refractivity contribution is -0.0559. The highest BCUT2D eigenvalue weighted by Crippen LogP contribution is 2.27. The van der Waals surface area contributed by atoms with Crippen molar-refractivity contribution in [2.45, 2.75) is 52.8 Å². The quantitative estimate of drug-likeness (QED) is 0.902. The van der Waals surface area contributed by atoms with Crippen molar-refractivity contribution in [3.63, 3.8) is 0 Å². The molecule has 0 aliphatic carbocycles. The molecule has 2 rings (SSSR count). The second-order valence-electron chi connectivity index (χ2n) is 6.32. The van der Waals surface area contributed by atoms with Crippen molar-refractivity contribution in [3.8, 4) is 0 Å². The summed E-state index contributed by atoms with van der Waals surface area (Å²) in [4.78, 5) is 2.52. The second-order valence-corrected chi connectivity index (χ2v) is 6.32. The molecule has 0 amide bonds. The van der Waals surface area contributed by atoms with E-state index < -0.39 is 0 Å². The van der Waals surface area contributed by atoms with E-state index in [1.807, 2.05) is 0 Å². The minimum atomic E-state index is 0.224. The standard InChI is InChI=1S/C18H30N2O/c1-6-19-18(16-9-7-8-14(4)15(16)5)17-12-20(13(2)3)10-11-21-17/h7-9,13,17-19H,6,10-12H2,1-5H3. The molecular formula is C18H30N2O. The summed E-state index contributed by atoms with van der Waals surface area (Å²) < 4.78 is 6.12. The van der Waals surface area contributed by atoms with Gasteiger partial charge in [0.05, 0.1) is 18.8 Å². The van der Waals surface area contributed by atoms with Crippen molar-refractivity contribution in [3.05, 3.63) is 34.9 Å². The van der Waals surface area contributed by atoms with E-state index in [1.54, 1.807) is 0 Å². The van der Waals surface area contributed by atoms with Crippen LogP contribution in [0.5, 0.6) is 0 Å². The van der Waals surface area contributed by atoms with Gasteiger partial charge in [-0.25, -0.2) is 0 Å². The molecule has 1 aromatic carbocycles. The van der Waals surface area contributed by atoms with E-state index in [0.717, 1.165) is 26.2 Å². The third-order valence-corrected chi connectivity index (χ3v) is 4.63. The largest absolute Gasteiger partial charge is 0.374 e. The van der Waals surface area contributed by atoms with Crippen LogP contribution in [0, 0.1) is 13.8 Å². The lowest BCUT2D eigenvalue weighted by Gasteiger charge is -2.39. The number of aryl methyl sites for hydroxylation is 1. The van der Waals surface area contributed by atoms with Crippen molar-refractivity contribution < 1.29 is 4.74 Å². The topological polar surface area (TPSA) is 24.5 Å². The van der Waals surface area contributed by atoms with Crippen LogP contribution in [-0.4, -0.2) is 43.3 Å². The van der Waals surface area contributed by atoms with Gasteiger partial charge >= 0.3 is 0 Å². The first kappa shape index (κ1) is 16.5. The summed E-state index contributed by atoms with van der Waals surface area (Å²) in [5, 5.41) is 3.64. The van der Waals surface area contributed by atoms with Gasteiger partial charge in [-0.2, -0.15) is 0 Å². The maximum atomic E-state index is 6.12. The summed E-state index contributed by atoms with van der Waals surface area (Å²) in [6, 6.07) is 7.44. The lowest BCUT2D eigenvalue weighted by atomic mass is 9.93. The molecule has 3 heteroatoms. The molecule has 21 heavy (non-hydrogen) atoms. The maximum absolute atomic E-state index is 6.12. The molecule has 1 fully saturated rings. The van der Waals surface area contributed by atoms with Gasteiger partial charge in [0.1, 0.15) is 0 Å². The molecule has 3 nitrogen and oxygen atoms in total. The van der Waals surface area contributed by atoms with E-state index >= 15 is 0 Å². The summed E-state index contributed by atoms with van der Waals surface area (Å²) in [7, 11) is 0. The summed E-state index contributed by atoms with van der Waals surface area (Å²) in [5.41, 5.74) is 4.12. The first-order valence-electron chi connectivity index (χ1n) is 8.19. The second kappa shape index (κ2) is 7.39. The number of nitrogens with one attached hydrogen (secondary N) is 1. The molecular weight excluding hydrogens is 260 g/mol. The van der Waals surface area contributed by atoms with Crippen molar-refractivity contribution in [2.24, 2.45) is 0 Å². The Morgan fingerprint density at radius 3 is 2.76 bits per heavy atom. The van der Waals surface area contributed by atoms with Gasteiger partial charge in [-0.05, 0) is 50.9 Å². The molecule has 118 valence electrons. The number of likely N-dealkylation sites (N-methyl/N-ethyl adjacent to an activating group) is 1. The molecule has 1 heterocycles. The van der Waals surface area contributed by atoms with Crippen LogP contribution in [0.25, 0.3) is 0 Å². The van der Waals surface area contributed by atoms with E-state index in [4.69, 9.17) is 4.74 Å². The minimum Gasteiger partial charge on any atom is -0.374 e. The fourth-order valence-electron chi connectivity index (χ4n) is 3.14. The number of hydrogen-bond donors (Lipinski definition) is 1. The van der Waals surface area contributed by atoms with Crippen LogP contribution >= 0.6 is 0 Å². The van der Waals surface area contributed by atoms with Crippen molar-refractivity contribution in [1.82, 2.24) is 10.2 Å². The van der Waals surface area contributed by atoms with Crippen LogP contribution < -0.4 is 5.32 Å². The van der Waals surface area contributed by atoms with Crippen LogP contribution in [0.3, 0.4) is 0 Å². The minimum absolute atomic E-state index is 0.224. The average molecular weight is 290 g/mol. The third-order valence-electron chi connectivity index (χ3n) is 4.63. The molecule has 0 radical (unpaired) electrons. The lowest BCUT2D eigenvalue weighted by Crippen LogP contribution is -2.50. The zero-order valence-corrected chi connectivity index (χ0v) is 14.1. The summed E-state index contributed by atoms with van der Waals surface area (Å²) in [6.07, 6.45) is 0.224. The number of benzene rings is 1. The summed E-state index contributed by atoms with van der Waals surface area (Å²) in [5.74, 6) is 0. The van der Waals surface area contributed by atoms with Gasteiger partial charge in [0.2, 0.25) is 0 Å². The number of ether oxygens (including phenoxy) is 1. The highest BCUT2D eigenvalue weighted by Gasteiger charge is 2.30. The van der Waals surface area contributed by atoms with Crippen molar-refractivity contribution >= 4 is 0 Å². The number of rotatable bonds is 5. The van der Waals surface area contributed by atoms with Gasteiger partial charge in [0.15, 0.2) is 0 Å². The van der Waals surface area contributed by atoms with E-state index in [1.165, 1.54) is 16.7 Å². The van der Waals surface area contributed by atoms with Gasteiger partial charge in [0, 0.05) is 19.1 Å². The van der Waals surface area contributed by atoms with Gasteiger partial charge < -0.3 is 10.1 Å². The SMILES string of the molecule is CCNC(c1cccc(C)c1C)C1CN(C(C)C)CCO1. The fraction of sp³-hybridized carbons (Fsp3) is 0.667. The van der Waals surface area contributed by atoms with Crippen LogP contribution in [0.1, 0.15) is 43.5 Å². The summed E-state index contributed by atoms with van der Waals surface area (Å²) in [6.45, 7) is 14.9. The van der Waals surface area contributed by atoms with Crippen molar-refractivity contribution in [1.29, 1.82) is 0 Å². The molecule has 0 bridgehead atoms.